The molecule has 3 unspecified atom stereocenters. The fraction of sp³-hybridized carbons (Fsp3) is 0.929. The first-order valence-electron chi connectivity index (χ1n) is 6.46. The van der Waals surface area contributed by atoms with Gasteiger partial charge in [0.1, 0.15) is 0 Å². The minimum atomic E-state index is -0.0570. The van der Waals surface area contributed by atoms with Crippen LogP contribution in [0.4, 0.5) is 0 Å². The third kappa shape index (κ3) is 1.99. The maximum Gasteiger partial charge on any atom is 0.305 e. The van der Waals surface area contributed by atoms with Crippen LogP contribution in [0.5, 0.6) is 0 Å². The van der Waals surface area contributed by atoms with Crippen molar-refractivity contribution < 1.29 is 9.53 Å². The summed E-state index contributed by atoms with van der Waals surface area (Å²) in [6.07, 6.45) is 5.54. The van der Waals surface area contributed by atoms with E-state index < -0.39 is 0 Å². The van der Waals surface area contributed by atoms with Gasteiger partial charge in [0.25, 0.3) is 0 Å². The summed E-state index contributed by atoms with van der Waals surface area (Å²) in [6.45, 7) is 7.14. The Hall–Kier alpha value is -0.530. The molecule has 0 amide bonds. The van der Waals surface area contributed by atoms with E-state index in [9.17, 15) is 4.79 Å². The Bertz CT molecular complexity index is 295. The quantitative estimate of drug-likeness (QED) is 0.687. The van der Waals surface area contributed by atoms with Crippen LogP contribution in [0.2, 0.25) is 0 Å². The molecule has 2 aliphatic rings. The average Bonchev–Trinajstić information content (AvgIpc) is 2.77. The third-order valence-corrected chi connectivity index (χ3v) is 5.22. The summed E-state index contributed by atoms with van der Waals surface area (Å²) < 4.78 is 4.73. The van der Waals surface area contributed by atoms with E-state index in [-0.39, 0.29) is 5.97 Å². The number of esters is 1. The summed E-state index contributed by atoms with van der Waals surface area (Å²) in [5.74, 6) is 1.81. The zero-order chi connectivity index (χ0) is 12.0. The Morgan fingerprint density at radius 3 is 2.56 bits per heavy atom. The number of fused-ring (bicyclic) bond motifs is 1. The van der Waals surface area contributed by atoms with Gasteiger partial charge < -0.3 is 4.74 Å². The van der Waals surface area contributed by atoms with Gasteiger partial charge in [-0.1, -0.05) is 20.8 Å². The topological polar surface area (TPSA) is 26.3 Å². The van der Waals surface area contributed by atoms with Crippen molar-refractivity contribution in [2.75, 3.05) is 7.11 Å². The van der Waals surface area contributed by atoms with Gasteiger partial charge in [-0.05, 0) is 48.3 Å². The van der Waals surface area contributed by atoms with Gasteiger partial charge in [0.15, 0.2) is 0 Å². The van der Waals surface area contributed by atoms with Crippen molar-refractivity contribution in [2.45, 2.75) is 52.9 Å². The van der Waals surface area contributed by atoms with Crippen LogP contribution in [0.1, 0.15) is 52.9 Å². The lowest BCUT2D eigenvalue weighted by molar-refractivity contribution is -0.141. The Morgan fingerprint density at radius 1 is 1.31 bits per heavy atom. The summed E-state index contributed by atoms with van der Waals surface area (Å²) in [6, 6.07) is 0. The minimum Gasteiger partial charge on any atom is -0.469 e. The number of ether oxygens (including phenoxy) is 1. The van der Waals surface area contributed by atoms with E-state index in [4.69, 9.17) is 4.74 Å². The van der Waals surface area contributed by atoms with Crippen LogP contribution in [0.25, 0.3) is 0 Å². The first kappa shape index (κ1) is 11.9. The van der Waals surface area contributed by atoms with Crippen molar-refractivity contribution in [3.05, 3.63) is 0 Å². The number of methoxy groups -OCH3 is 1. The van der Waals surface area contributed by atoms with E-state index in [0.717, 1.165) is 18.3 Å². The van der Waals surface area contributed by atoms with Gasteiger partial charge in [-0.3, -0.25) is 4.79 Å². The Labute approximate surface area is 98.7 Å². The molecule has 2 fully saturated rings. The van der Waals surface area contributed by atoms with Crippen molar-refractivity contribution in [3.8, 4) is 0 Å². The van der Waals surface area contributed by atoms with Crippen molar-refractivity contribution >= 4 is 5.97 Å². The van der Waals surface area contributed by atoms with Crippen molar-refractivity contribution in [1.82, 2.24) is 0 Å². The molecule has 0 aromatic heterocycles. The number of hydrogen-bond acceptors (Lipinski definition) is 2. The molecule has 0 bridgehead atoms. The highest BCUT2D eigenvalue weighted by molar-refractivity contribution is 5.69. The minimum absolute atomic E-state index is 0.0570. The SMILES string of the molecule is COC(=O)CCC1(C)CCC2C(C1)C2(C)C. The highest BCUT2D eigenvalue weighted by Gasteiger charge is 2.60. The number of carbonyl (C=O) groups is 1. The molecule has 0 aromatic rings. The van der Waals surface area contributed by atoms with E-state index in [1.54, 1.807) is 0 Å². The molecular weight excluding hydrogens is 200 g/mol. The van der Waals surface area contributed by atoms with Crippen LogP contribution < -0.4 is 0 Å². The molecule has 2 heteroatoms. The molecule has 0 radical (unpaired) electrons. The predicted molar refractivity (Wildman–Crippen MR) is 64.0 cm³/mol. The van der Waals surface area contributed by atoms with E-state index in [0.29, 0.717) is 17.3 Å². The fourth-order valence-electron chi connectivity index (χ4n) is 3.71. The van der Waals surface area contributed by atoms with Gasteiger partial charge in [-0.15, -0.1) is 0 Å². The van der Waals surface area contributed by atoms with E-state index in [1.165, 1.54) is 26.4 Å². The predicted octanol–water partition coefficient (Wildman–Crippen LogP) is 3.40. The molecule has 16 heavy (non-hydrogen) atoms. The highest BCUT2D eigenvalue weighted by Crippen LogP contribution is 2.68. The lowest BCUT2D eigenvalue weighted by Crippen LogP contribution is -2.23. The highest BCUT2D eigenvalue weighted by atomic mass is 16.5. The fourth-order valence-corrected chi connectivity index (χ4v) is 3.71. The Balaban J connectivity index is 1.88. The molecule has 2 nitrogen and oxygen atoms in total. The number of hydrogen-bond donors (Lipinski definition) is 0. The van der Waals surface area contributed by atoms with Gasteiger partial charge in [0.2, 0.25) is 0 Å². The first-order chi connectivity index (χ1) is 7.39. The standard InChI is InChI=1S/C14H24O2/c1-13(2)10-5-7-14(3,9-11(10)13)8-6-12(15)16-4/h10-11H,5-9H2,1-4H3. The number of rotatable bonds is 3. The van der Waals surface area contributed by atoms with Crippen LogP contribution in [0.15, 0.2) is 0 Å². The monoisotopic (exact) mass is 224 g/mol. The maximum absolute atomic E-state index is 11.2. The summed E-state index contributed by atoms with van der Waals surface area (Å²) in [5, 5.41) is 0. The van der Waals surface area contributed by atoms with Gasteiger partial charge in [0.05, 0.1) is 7.11 Å². The number of carbonyl (C=O) groups excluding carboxylic acids is 1. The molecule has 0 saturated heterocycles. The summed E-state index contributed by atoms with van der Waals surface area (Å²) in [7, 11) is 1.48. The first-order valence-corrected chi connectivity index (χ1v) is 6.46. The lowest BCUT2D eigenvalue weighted by Gasteiger charge is -2.33. The van der Waals surface area contributed by atoms with Gasteiger partial charge in [-0.25, -0.2) is 0 Å². The second-order valence-electron chi connectivity index (χ2n) is 6.66. The van der Waals surface area contributed by atoms with Crippen LogP contribution >= 0.6 is 0 Å². The van der Waals surface area contributed by atoms with Crippen LogP contribution in [-0.2, 0) is 9.53 Å². The molecule has 0 N–H and O–H groups in total. The van der Waals surface area contributed by atoms with Crippen LogP contribution in [-0.4, -0.2) is 13.1 Å². The molecule has 0 aliphatic heterocycles. The summed E-state index contributed by atoms with van der Waals surface area (Å²) in [4.78, 5) is 11.2. The second kappa shape index (κ2) is 3.75. The zero-order valence-electron chi connectivity index (χ0n) is 11.0. The lowest BCUT2D eigenvalue weighted by atomic mass is 9.73. The molecular formula is C14H24O2. The summed E-state index contributed by atoms with van der Waals surface area (Å²) in [5.41, 5.74) is 0.951. The van der Waals surface area contributed by atoms with Gasteiger partial charge in [0, 0.05) is 6.42 Å². The van der Waals surface area contributed by atoms with Crippen molar-refractivity contribution in [2.24, 2.45) is 22.7 Å². The van der Waals surface area contributed by atoms with Gasteiger partial charge >= 0.3 is 5.97 Å². The molecule has 3 atom stereocenters. The molecule has 92 valence electrons. The molecule has 0 spiro atoms. The second-order valence-corrected chi connectivity index (χ2v) is 6.66. The summed E-state index contributed by atoms with van der Waals surface area (Å²) >= 11 is 0. The van der Waals surface area contributed by atoms with E-state index >= 15 is 0 Å². The Morgan fingerprint density at radius 2 is 2.00 bits per heavy atom. The zero-order valence-corrected chi connectivity index (χ0v) is 11.0. The van der Waals surface area contributed by atoms with Crippen LogP contribution in [0, 0.1) is 22.7 Å². The van der Waals surface area contributed by atoms with Crippen LogP contribution in [0.3, 0.4) is 0 Å². The maximum atomic E-state index is 11.2. The molecule has 0 aromatic carbocycles. The average molecular weight is 224 g/mol. The molecule has 2 saturated carbocycles. The molecule has 2 rings (SSSR count). The van der Waals surface area contributed by atoms with E-state index in [2.05, 4.69) is 20.8 Å². The molecule has 0 heterocycles. The Kier molecular flexibility index (Phi) is 2.80. The van der Waals surface area contributed by atoms with Gasteiger partial charge in [-0.2, -0.15) is 0 Å². The van der Waals surface area contributed by atoms with Crippen molar-refractivity contribution in [3.63, 3.8) is 0 Å². The smallest absolute Gasteiger partial charge is 0.305 e. The molecule has 2 aliphatic carbocycles. The van der Waals surface area contributed by atoms with Crippen molar-refractivity contribution in [1.29, 1.82) is 0 Å². The normalized spacial score (nSPS) is 40.0. The third-order valence-electron chi connectivity index (χ3n) is 5.22. The largest absolute Gasteiger partial charge is 0.469 e. The van der Waals surface area contributed by atoms with E-state index in [1.807, 2.05) is 0 Å².